The van der Waals surface area contributed by atoms with Crippen LogP contribution in [0.5, 0.6) is 0 Å². The number of halogens is 4. The Hall–Kier alpha value is -2.35. The second kappa shape index (κ2) is 10.00. The van der Waals surface area contributed by atoms with Crippen molar-refractivity contribution in [3.63, 3.8) is 0 Å². The molecule has 1 N–H and O–H groups in total. The number of hydrogen-bond acceptors (Lipinski definition) is 3. The van der Waals surface area contributed by atoms with E-state index in [2.05, 4.69) is 41.1 Å². The van der Waals surface area contributed by atoms with Crippen molar-refractivity contribution in [1.29, 1.82) is 0 Å². The van der Waals surface area contributed by atoms with Crippen molar-refractivity contribution in [3.8, 4) is 11.1 Å². The molecule has 9 heteroatoms. The lowest BCUT2D eigenvalue weighted by Gasteiger charge is -2.37. The molecule has 198 valence electrons. The van der Waals surface area contributed by atoms with Crippen LogP contribution < -0.4 is 10.2 Å². The van der Waals surface area contributed by atoms with E-state index in [1.165, 1.54) is 18.6 Å². The largest absolute Gasteiger partial charge is 0.333 e. The minimum Gasteiger partial charge on any atom is -0.333 e. The van der Waals surface area contributed by atoms with Crippen molar-refractivity contribution in [1.82, 2.24) is 15.1 Å². The lowest BCUT2D eigenvalue weighted by Crippen LogP contribution is -2.48. The molecule has 0 aliphatic carbocycles. The monoisotopic (exact) mass is 572 g/mol. The summed E-state index contributed by atoms with van der Waals surface area (Å²) in [6.45, 7) is 7.66. The summed E-state index contributed by atoms with van der Waals surface area (Å²) in [6.07, 6.45) is 1.18. The average molecular weight is 574 g/mol. The van der Waals surface area contributed by atoms with Gasteiger partial charge in [0.05, 0.1) is 21.4 Å². The van der Waals surface area contributed by atoms with Gasteiger partial charge in [0.2, 0.25) is 0 Å². The number of likely N-dealkylation sites (tertiary alicyclic amines) is 2. The molecule has 3 aromatic rings. The van der Waals surface area contributed by atoms with Gasteiger partial charge in [0.1, 0.15) is 5.82 Å². The third-order valence-electron chi connectivity index (χ3n) is 7.96. The van der Waals surface area contributed by atoms with E-state index in [9.17, 15) is 9.18 Å². The number of carbonyl (C=O) groups excluding carboxylic acids is 1. The summed E-state index contributed by atoms with van der Waals surface area (Å²) >= 11 is 19.3. The molecule has 0 saturated carbocycles. The first-order chi connectivity index (χ1) is 18.2. The van der Waals surface area contributed by atoms with Crippen LogP contribution in [0.4, 0.5) is 20.6 Å². The molecule has 3 aromatic carbocycles. The first-order valence-electron chi connectivity index (χ1n) is 12.8. The summed E-state index contributed by atoms with van der Waals surface area (Å²) in [7, 11) is 0. The quantitative estimate of drug-likeness (QED) is 0.344. The molecule has 0 spiro atoms. The fraction of sp³-hybridized carbons (Fsp3) is 0.345. The van der Waals surface area contributed by atoms with E-state index in [-0.39, 0.29) is 6.03 Å². The average Bonchev–Trinajstić information content (AvgIpc) is 3.45. The maximum atomic E-state index is 14.0. The van der Waals surface area contributed by atoms with E-state index in [0.29, 0.717) is 45.4 Å². The minimum atomic E-state index is -0.394. The number of nitrogens with one attached hydrogen (secondary N) is 1. The normalized spacial score (nSPS) is 21.3. The maximum Gasteiger partial charge on any atom is 0.326 e. The number of urea groups is 1. The van der Waals surface area contributed by atoms with Gasteiger partial charge in [-0.05, 0) is 79.9 Å². The highest BCUT2D eigenvalue weighted by Crippen LogP contribution is 2.44. The molecule has 3 aliphatic heterocycles. The molecular weight excluding hydrogens is 546 g/mol. The van der Waals surface area contributed by atoms with Gasteiger partial charge < -0.3 is 5.32 Å². The SMILES string of the molecule is CC(C)N1CC2CC1CN2Cc1cc(-c2ccc(F)cc2Cl)c2c(c1)N(c1ccc(Cl)cc1Cl)C(=O)NC2. The Labute approximate surface area is 237 Å². The van der Waals surface area contributed by atoms with Gasteiger partial charge in [0, 0.05) is 60.5 Å². The van der Waals surface area contributed by atoms with Gasteiger partial charge in [-0.25, -0.2) is 9.18 Å². The number of hydrogen-bond donors (Lipinski definition) is 1. The summed E-state index contributed by atoms with van der Waals surface area (Å²) in [5, 5.41) is 4.15. The maximum absolute atomic E-state index is 14.0. The fourth-order valence-electron chi connectivity index (χ4n) is 6.23. The van der Waals surface area contributed by atoms with E-state index >= 15 is 0 Å². The van der Waals surface area contributed by atoms with Crippen LogP contribution in [0.2, 0.25) is 15.1 Å². The lowest BCUT2D eigenvalue weighted by molar-refractivity contribution is 0.0999. The molecule has 2 bridgehead atoms. The molecule has 2 saturated heterocycles. The highest BCUT2D eigenvalue weighted by molar-refractivity contribution is 6.37. The zero-order valence-electron chi connectivity index (χ0n) is 21.1. The van der Waals surface area contributed by atoms with Crippen LogP contribution in [0.3, 0.4) is 0 Å². The van der Waals surface area contributed by atoms with Gasteiger partial charge in [-0.15, -0.1) is 0 Å². The molecule has 3 aliphatic rings. The molecule has 2 unspecified atom stereocenters. The zero-order chi connectivity index (χ0) is 26.7. The molecule has 2 fully saturated rings. The Morgan fingerprint density at radius 1 is 0.947 bits per heavy atom. The summed E-state index contributed by atoms with van der Waals surface area (Å²) in [4.78, 5) is 20.0. The summed E-state index contributed by atoms with van der Waals surface area (Å²) in [5.41, 5.74) is 4.81. The Morgan fingerprint density at radius 3 is 2.45 bits per heavy atom. The number of piperazine rings is 1. The van der Waals surface area contributed by atoms with Gasteiger partial charge in [-0.2, -0.15) is 0 Å². The number of benzene rings is 3. The molecule has 2 amide bonds. The topological polar surface area (TPSA) is 38.8 Å². The van der Waals surface area contributed by atoms with Crippen LogP contribution in [0.15, 0.2) is 48.5 Å². The summed E-state index contributed by atoms with van der Waals surface area (Å²) in [6, 6.07) is 15.1. The molecule has 6 rings (SSSR count). The van der Waals surface area contributed by atoms with Crippen LogP contribution >= 0.6 is 34.8 Å². The second-order valence-electron chi connectivity index (χ2n) is 10.6. The number of nitrogens with zero attached hydrogens (tertiary/aromatic N) is 3. The van der Waals surface area contributed by atoms with Gasteiger partial charge in [-0.3, -0.25) is 14.7 Å². The predicted molar refractivity (Wildman–Crippen MR) is 152 cm³/mol. The summed E-state index contributed by atoms with van der Waals surface area (Å²) in [5.74, 6) is -0.394. The summed E-state index contributed by atoms with van der Waals surface area (Å²) < 4.78 is 14.0. The lowest BCUT2D eigenvalue weighted by atomic mass is 9.93. The van der Waals surface area contributed by atoms with E-state index in [4.69, 9.17) is 34.8 Å². The van der Waals surface area contributed by atoms with E-state index in [0.717, 1.165) is 47.6 Å². The van der Waals surface area contributed by atoms with Crippen molar-refractivity contribution in [2.75, 3.05) is 18.0 Å². The van der Waals surface area contributed by atoms with Gasteiger partial charge in [-0.1, -0.05) is 34.8 Å². The number of carbonyl (C=O) groups is 1. The molecule has 38 heavy (non-hydrogen) atoms. The van der Waals surface area contributed by atoms with Gasteiger partial charge in [0.15, 0.2) is 0 Å². The highest BCUT2D eigenvalue weighted by atomic mass is 35.5. The molecule has 5 nitrogen and oxygen atoms in total. The van der Waals surface area contributed by atoms with Crippen molar-refractivity contribution in [2.45, 2.75) is 51.5 Å². The van der Waals surface area contributed by atoms with E-state index in [1.54, 1.807) is 29.2 Å². The van der Waals surface area contributed by atoms with E-state index < -0.39 is 5.82 Å². The molecule has 0 radical (unpaired) electrons. The number of rotatable bonds is 5. The number of fused-ring (bicyclic) bond motifs is 3. The van der Waals surface area contributed by atoms with Crippen molar-refractivity contribution >= 4 is 52.2 Å². The van der Waals surface area contributed by atoms with Gasteiger partial charge >= 0.3 is 6.03 Å². The predicted octanol–water partition coefficient (Wildman–Crippen LogP) is 7.48. The Kier molecular flexibility index (Phi) is 6.81. The molecule has 0 aromatic heterocycles. The Bertz CT molecular complexity index is 1430. The Balaban J connectivity index is 1.46. The van der Waals surface area contributed by atoms with Crippen LogP contribution in [0, 0.1) is 5.82 Å². The standard InChI is InChI=1S/C29H28Cl3FN4O/c1-16(2)36-15-20-11-21(36)14-35(20)13-17-7-23(22-5-4-19(33)10-25(22)31)24-12-34-29(38)37(28(24)8-17)27-6-3-18(30)9-26(27)32/h3-10,16,20-21H,11-15H2,1-2H3,(H,34,38). The molecule has 2 atom stereocenters. The third kappa shape index (κ3) is 4.56. The first-order valence-corrected chi connectivity index (χ1v) is 14.0. The van der Waals surface area contributed by atoms with Crippen molar-refractivity contribution in [2.24, 2.45) is 0 Å². The van der Waals surface area contributed by atoms with Crippen molar-refractivity contribution in [3.05, 3.63) is 80.5 Å². The third-order valence-corrected chi connectivity index (χ3v) is 8.81. The zero-order valence-corrected chi connectivity index (χ0v) is 23.4. The van der Waals surface area contributed by atoms with Gasteiger partial charge in [0.25, 0.3) is 0 Å². The highest BCUT2D eigenvalue weighted by Gasteiger charge is 2.44. The minimum absolute atomic E-state index is 0.275. The van der Waals surface area contributed by atoms with Crippen LogP contribution in [0.25, 0.3) is 11.1 Å². The van der Waals surface area contributed by atoms with E-state index in [1.807, 2.05) is 0 Å². The second-order valence-corrected chi connectivity index (χ2v) is 11.9. The smallest absolute Gasteiger partial charge is 0.326 e. The number of amides is 2. The molecule has 3 heterocycles. The molecular formula is C29H28Cl3FN4O. The van der Waals surface area contributed by atoms with Crippen LogP contribution in [-0.4, -0.2) is 47.0 Å². The van der Waals surface area contributed by atoms with Crippen LogP contribution in [0.1, 0.15) is 31.4 Å². The Morgan fingerprint density at radius 2 is 1.76 bits per heavy atom. The fourth-order valence-corrected chi connectivity index (χ4v) is 7.00. The van der Waals surface area contributed by atoms with Crippen molar-refractivity contribution < 1.29 is 9.18 Å². The number of anilines is 2. The first kappa shape index (κ1) is 25.9. The van der Waals surface area contributed by atoms with Crippen LogP contribution in [-0.2, 0) is 13.1 Å².